The molecule has 2 rings (SSSR count). The van der Waals surface area contributed by atoms with Crippen molar-refractivity contribution in [2.45, 2.75) is 90.1 Å². The lowest BCUT2D eigenvalue weighted by Crippen LogP contribution is -2.40. The van der Waals surface area contributed by atoms with Gasteiger partial charge in [-0.3, -0.25) is 4.79 Å². The van der Waals surface area contributed by atoms with E-state index in [9.17, 15) is 9.90 Å². The number of aryl methyl sites for hydroxylation is 1. The van der Waals surface area contributed by atoms with Gasteiger partial charge in [-0.25, -0.2) is 0 Å². The molecule has 3 N–H and O–H groups in total. The third kappa shape index (κ3) is 5.96. The highest BCUT2D eigenvalue weighted by atomic mass is 16.3. The van der Waals surface area contributed by atoms with Gasteiger partial charge in [0.2, 0.25) is 0 Å². The maximum Gasteiger partial charge on any atom is 0.179 e. The van der Waals surface area contributed by atoms with Crippen molar-refractivity contribution in [2.24, 2.45) is 11.7 Å². The maximum absolute atomic E-state index is 12.7. The van der Waals surface area contributed by atoms with Gasteiger partial charge in [-0.2, -0.15) is 0 Å². The van der Waals surface area contributed by atoms with E-state index in [0.29, 0.717) is 12.8 Å². The molecule has 0 aromatic carbocycles. The number of nitrogens with zero attached hydrogens (tertiary/aromatic N) is 1. The molecular weight excluding hydrogens is 312 g/mol. The molecule has 1 aromatic rings. The first-order valence-electron chi connectivity index (χ1n) is 10.1. The van der Waals surface area contributed by atoms with Crippen molar-refractivity contribution in [3.8, 4) is 0 Å². The van der Waals surface area contributed by atoms with Crippen LogP contribution in [0.15, 0.2) is 12.1 Å². The Hall–Kier alpha value is -1.13. The van der Waals surface area contributed by atoms with E-state index in [4.69, 9.17) is 5.73 Å². The topological polar surface area (TPSA) is 68.2 Å². The highest BCUT2D eigenvalue weighted by molar-refractivity contribution is 5.94. The Morgan fingerprint density at radius 3 is 2.68 bits per heavy atom. The number of rotatable bonds is 10. The Bertz CT molecular complexity index is 542. The van der Waals surface area contributed by atoms with Gasteiger partial charge in [0.1, 0.15) is 0 Å². The fraction of sp³-hybridized carbons (Fsp3) is 0.762. The number of aliphatic hydroxyl groups is 1. The molecule has 0 saturated heterocycles. The number of nitrogens with two attached hydrogens (primary N) is 1. The maximum atomic E-state index is 12.7. The lowest BCUT2D eigenvalue weighted by molar-refractivity contribution is 0.0967. The monoisotopic (exact) mass is 348 g/mol. The van der Waals surface area contributed by atoms with Crippen LogP contribution in [-0.4, -0.2) is 27.6 Å². The van der Waals surface area contributed by atoms with Gasteiger partial charge >= 0.3 is 0 Å². The van der Waals surface area contributed by atoms with Crippen LogP contribution in [0.25, 0.3) is 0 Å². The Balaban J connectivity index is 1.88. The molecule has 1 aliphatic rings. The second kappa shape index (κ2) is 9.54. The molecule has 4 heteroatoms. The molecule has 4 nitrogen and oxygen atoms in total. The predicted molar refractivity (Wildman–Crippen MR) is 103 cm³/mol. The smallest absolute Gasteiger partial charge is 0.179 e. The number of Topliss-reactive ketones (excluding diaryl/α,β-unsaturated/α-hetero) is 1. The zero-order chi connectivity index (χ0) is 18.3. The average molecular weight is 349 g/mol. The number of carbonyl (C=O) groups excluding carboxylic acids is 1. The van der Waals surface area contributed by atoms with Crippen LogP contribution in [0.5, 0.6) is 0 Å². The molecule has 0 aliphatic heterocycles. The molecule has 142 valence electrons. The van der Waals surface area contributed by atoms with Gasteiger partial charge in [-0.1, -0.05) is 38.5 Å². The number of carbonyl (C=O) groups is 1. The molecule has 1 aromatic heterocycles. The summed E-state index contributed by atoms with van der Waals surface area (Å²) >= 11 is 0. The van der Waals surface area contributed by atoms with Crippen LogP contribution < -0.4 is 5.73 Å². The summed E-state index contributed by atoms with van der Waals surface area (Å²) in [7, 11) is 0. The summed E-state index contributed by atoms with van der Waals surface area (Å²) in [6.07, 6.45) is 11.2. The minimum absolute atomic E-state index is 0.0210. The zero-order valence-corrected chi connectivity index (χ0v) is 16.1. The van der Waals surface area contributed by atoms with Gasteiger partial charge in [0.05, 0.1) is 12.3 Å². The summed E-state index contributed by atoms with van der Waals surface area (Å²) in [6.45, 7) is 4.72. The van der Waals surface area contributed by atoms with E-state index in [1.165, 1.54) is 38.5 Å². The summed E-state index contributed by atoms with van der Waals surface area (Å²) in [6, 6.07) is 4.01. The van der Waals surface area contributed by atoms with Crippen LogP contribution in [0.4, 0.5) is 0 Å². The Morgan fingerprint density at radius 2 is 2.04 bits per heavy atom. The van der Waals surface area contributed by atoms with Gasteiger partial charge in [-0.05, 0) is 51.2 Å². The van der Waals surface area contributed by atoms with Gasteiger partial charge in [0.25, 0.3) is 0 Å². The number of hydrogen-bond donors (Lipinski definition) is 2. The van der Waals surface area contributed by atoms with Crippen molar-refractivity contribution >= 4 is 5.78 Å². The van der Waals surface area contributed by atoms with Crippen molar-refractivity contribution in [3.63, 3.8) is 0 Å². The predicted octanol–water partition coefficient (Wildman–Crippen LogP) is 4.08. The molecule has 1 atom stereocenters. The van der Waals surface area contributed by atoms with E-state index in [1.807, 2.05) is 19.1 Å². The van der Waals surface area contributed by atoms with Crippen LogP contribution >= 0.6 is 0 Å². The normalized spacial score (nSPS) is 18.2. The molecule has 1 unspecified atom stereocenters. The second-order valence-electron chi connectivity index (χ2n) is 8.09. The third-order valence-corrected chi connectivity index (χ3v) is 5.73. The molecule has 25 heavy (non-hydrogen) atoms. The number of aliphatic hydroxyl groups excluding tert-OH is 1. The number of aromatic nitrogens is 1. The zero-order valence-electron chi connectivity index (χ0n) is 16.1. The van der Waals surface area contributed by atoms with E-state index in [0.717, 1.165) is 36.7 Å². The highest BCUT2D eigenvalue weighted by Crippen LogP contribution is 2.28. The van der Waals surface area contributed by atoms with E-state index in [1.54, 1.807) is 0 Å². The Labute approximate surface area is 152 Å². The molecule has 1 fully saturated rings. The molecule has 0 spiro atoms. The summed E-state index contributed by atoms with van der Waals surface area (Å²) in [4.78, 5) is 12.7. The lowest BCUT2D eigenvalue weighted by atomic mass is 9.85. The van der Waals surface area contributed by atoms with Gasteiger partial charge in [0.15, 0.2) is 5.78 Å². The van der Waals surface area contributed by atoms with E-state index in [2.05, 4.69) is 11.5 Å². The molecule has 0 amide bonds. The first kappa shape index (κ1) is 20.2. The minimum atomic E-state index is -0.562. The van der Waals surface area contributed by atoms with Crippen LogP contribution in [-0.2, 0) is 13.0 Å². The average Bonchev–Trinajstić information content (AvgIpc) is 3.04. The number of ketones is 1. The largest absolute Gasteiger partial charge is 0.394 e. The van der Waals surface area contributed by atoms with Gasteiger partial charge in [-0.15, -0.1) is 0 Å². The minimum Gasteiger partial charge on any atom is -0.394 e. The van der Waals surface area contributed by atoms with Crippen molar-refractivity contribution < 1.29 is 9.90 Å². The van der Waals surface area contributed by atoms with Gasteiger partial charge < -0.3 is 15.4 Å². The van der Waals surface area contributed by atoms with E-state index in [-0.39, 0.29) is 12.4 Å². The molecule has 1 aliphatic carbocycles. The van der Waals surface area contributed by atoms with E-state index >= 15 is 0 Å². The quantitative estimate of drug-likeness (QED) is 0.626. The standard InChI is InChI=1S/C21H36N2O2/c1-3-23-18(14-15-21(2,22)16-24)12-13-19(23)20(25)11-7-10-17-8-5-4-6-9-17/h12-13,17,24H,3-11,14-16,22H2,1-2H3. The van der Waals surface area contributed by atoms with E-state index < -0.39 is 5.54 Å². The van der Waals surface area contributed by atoms with Crippen LogP contribution in [0.2, 0.25) is 0 Å². The molecule has 1 heterocycles. The molecule has 0 bridgehead atoms. The first-order valence-corrected chi connectivity index (χ1v) is 10.1. The summed E-state index contributed by atoms with van der Waals surface area (Å²) in [5.74, 6) is 1.11. The van der Waals surface area contributed by atoms with Gasteiger partial charge in [0, 0.05) is 24.2 Å². The van der Waals surface area contributed by atoms with Crippen molar-refractivity contribution in [3.05, 3.63) is 23.5 Å². The fourth-order valence-electron chi connectivity index (χ4n) is 3.99. The fourth-order valence-corrected chi connectivity index (χ4v) is 3.99. The first-order chi connectivity index (χ1) is 12.0. The van der Waals surface area contributed by atoms with Crippen LogP contribution in [0.1, 0.15) is 87.8 Å². The molecule has 1 saturated carbocycles. The van der Waals surface area contributed by atoms with Crippen LogP contribution in [0, 0.1) is 5.92 Å². The van der Waals surface area contributed by atoms with Crippen molar-refractivity contribution in [1.82, 2.24) is 4.57 Å². The summed E-state index contributed by atoms with van der Waals surface area (Å²) in [5.41, 5.74) is 7.45. The molecular formula is C21H36N2O2. The van der Waals surface area contributed by atoms with Crippen molar-refractivity contribution in [2.75, 3.05) is 6.61 Å². The summed E-state index contributed by atoms with van der Waals surface area (Å²) in [5, 5.41) is 9.31. The summed E-state index contributed by atoms with van der Waals surface area (Å²) < 4.78 is 2.12. The third-order valence-electron chi connectivity index (χ3n) is 5.73. The van der Waals surface area contributed by atoms with Crippen molar-refractivity contribution in [1.29, 1.82) is 0 Å². The second-order valence-corrected chi connectivity index (χ2v) is 8.09. The molecule has 0 radical (unpaired) electrons. The highest BCUT2D eigenvalue weighted by Gasteiger charge is 2.20. The lowest BCUT2D eigenvalue weighted by Gasteiger charge is -2.22. The number of hydrogen-bond acceptors (Lipinski definition) is 3. The Kier molecular flexibility index (Phi) is 7.70. The SMILES string of the molecule is CCn1c(CCC(C)(N)CO)ccc1C(=O)CCCC1CCCCC1. The Morgan fingerprint density at radius 1 is 1.32 bits per heavy atom. The van der Waals surface area contributed by atoms with Crippen LogP contribution in [0.3, 0.4) is 0 Å².